The molecule has 0 spiro atoms. The van der Waals surface area contributed by atoms with Crippen molar-refractivity contribution in [2.24, 2.45) is 11.8 Å². The minimum absolute atomic E-state index is 0.308. The van der Waals surface area contributed by atoms with Gasteiger partial charge in [-0.1, -0.05) is 0 Å². The van der Waals surface area contributed by atoms with Gasteiger partial charge in [-0.3, -0.25) is 9.80 Å². The van der Waals surface area contributed by atoms with Gasteiger partial charge in [0, 0.05) is 51.5 Å². The zero-order chi connectivity index (χ0) is 16.7. The van der Waals surface area contributed by atoms with Crippen LogP contribution in [0.3, 0.4) is 0 Å². The fraction of sp³-hybridized carbons (Fsp3) is 1.00. The molecule has 0 aromatic carbocycles. The first-order chi connectivity index (χ1) is 11.1. The molecular formula is C18H36N2O3. The van der Waals surface area contributed by atoms with Crippen molar-refractivity contribution in [3.8, 4) is 0 Å². The number of ether oxygens (including phenoxy) is 1. The van der Waals surface area contributed by atoms with Crippen molar-refractivity contribution in [1.82, 2.24) is 9.80 Å². The molecule has 2 aliphatic rings. The summed E-state index contributed by atoms with van der Waals surface area (Å²) >= 11 is 0. The van der Waals surface area contributed by atoms with Gasteiger partial charge in [-0.25, -0.2) is 0 Å². The molecule has 0 aromatic rings. The predicted molar refractivity (Wildman–Crippen MR) is 92.5 cm³/mol. The summed E-state index contributed by atoms with van der Waals surface area (Å²) < 4.78 is 5.87. The van der Waals surface area contributed by atoms with E-state index in [-0.39, 0.29) is 0 Å². The summed E-state index contributed by atoms with van der Waals surface area (Å²) in [5, 5.41) is 18.7. The Balaban J connectivity index is 1.59. The van der Waals surface area contributed by atoms with Gasteiger partial charge in [0.25, 0.3) is 0 Å². The van der Waals surface area contributed by atoms with Crippen molar-refractivity contribution < 1.29 is 14.9 Å². The van der Waals surface area contributed by atoms with E-state index >= 15 is 0 Å². The van der Waals surface area contributed by atoms with Gasteiger partial charge >= 0.3 is 0 Å². The summed E-state index contributed by atoms with van der Waals surface area (Å²) in [5.41, 5.74) is 0. The number of nitrogens with zero attached hydrogens (tertiary/aromatic N) is 2. The Bertz CT molecular complexity index is 299. The maximum Gasteiger partial charge on any atom is 0.0594 e. The predicted octanol–water partition coefficient (Wildman–Crippen LogP) is 1.19. The quantitative estimate of drug-likeness (QED) is 0.656. The number of aliphatic hydroxyl groups excluding tert-OH is 2. The van der Waals surface area contributed by atoms with Gasteiger partial charge in [-0.15, -0.1) is 0 Å². The van der Waals surface area contributed by atoms with Crippen LogP contribution in [0.4, 0.5) is 0 Å². The normalized spacial score (nSPS) is 33.9. The highest BCUT2D eigenvalue weighted by Crippen LogP contribution is 2.22. The van der Waals surface area contributed by atoms with Crippen LogP contribution < -0.4 is 0 Å². The molecular weight excluding hydrogens is 292 g/mol. The van der Waals surface area contributed by atoms with Crippen LogP contribution in [-0.4, -0.2) is 84.7 Å². The van der Waals surface area contributed by atoms with Gasteiger partial charge in [0.2, 0.25) is 0 Å². The van der Waals surface area contributed by atoms with Gasteiger partial charge in [-0.05, 0) is 51.4 Å². The zero-order valence-corrected chi connectivity index (χ0v) is 15.0. The van der Waals surface area contributed by atoms with Crippen LogP contribution in [0.5, 0.6) is 0 Å². The monoisotopic (exact) mass is 328 g/mol. The SMILES string of the molecule is CC1CCC(CO)CN1CCOCCN1CC(CO)CCC1C. The fourth-order valence-electron chi connectivity index (χ4n) is 3.91. The third-order valence-corrected chi connectivity index (χ3v) is 5.78. The Morgan fingerprint density at radius 2 is 1.22 bits per heavy atom. The van der Waals surface area contributed by atoms with Crippen molar-refractivity contribution in [1.29, 1.82) is 0 Å². The molecule has 2 rings (SSSR count). The second-order valence-electron chi connectivity index (χ2n) is 7.55. The number of rotatable bonds is 8. The summed E-state index contributed by atoms with van der Waals surface area (Å²) in [6.07, 6.45) is 4.65. The Kier molecular flexibility index (Phi) is 8.27. The van der Waals surface area contributed by atoms with E-state index in [1.165, 1.54) is 12.8 Å². The van der Waals surface area contributed by atoms with E-state index in [1.54, 1.807) is 0 Å². The Hall–Kier alpha value is -0.200. The lowest BCUT2D eigenvalue weighted by Gasteiger charge is -2.38. The summed E-state index contributed by atoms with van der Waals surface area (Å²) in [7, 11) is 0. The van der Waals surface area contributed by atoms with Crippen molar-refractivity contribution in [3.05, 3.63) is 0 Å². The molecule has 23 heavy (non-hydrogen) atoms. The average Bonchev–Trinajstić information content (AvgIpc) is 2.57. The smallest absolute Gasteiger partial charge is 0.0594 e. The first-order valence-corrected chi connectivity index (χ1v) is 9.41. The Morgan fingerprint density at radius 1 is 0.783 bits per heavy atom. The van der Waals surface area contributed by atoms with Crippen LogP contribution in [0.2, 0.25) is 0 Å². The molecule has 0 aromatic heterocycles. The second kappa shape index (κ2) is 9.94. The molecule has 0 amide bonds. The van der Waals surface area contributed by atoms with Gasteiger partial charge in [0.05, 0.1) is 13.2 Å². The van der Waals surface area contributed by atoms with E-state index in [2.05, 4.69) is 23.6 Å². The maximum atomic E-state index is 9.33. The second-order valence-corrected chi connectivity index (χ2v) is 7.55. The molecule has 0 bridgehead atoms. The number of piperidine rings is 2. The summed E-state index contributed by atoms with van der Waals surface area (Å²) in [6, 6.07) is 1.21. The molecule has 4 atom stereocenters. The van der Waals surface area contributed by atoms with Crippen molar-refractivity contribution in [2.45, 2.75) is 51.6 Å². The lowest BCUT2D eigenvalue weighted by molar-refractivity contribution is 0.0236. The van der Waals surface area contributed by atoms with Crippen molar-refractivity contribution >= 4 is 0 Å². The van der Waals surface area contributed by atoms with Gasteiger partial charge in [-0.2, -0.15) is 0 Å². The topological polar surface area (TPSA) is 56.2 Å². The molecule has 0 aliphatic carbocycles. The van der Waals surface area contributed by atoms with Crippen LogP contribution in [0.1, 0.15) is 39.5 Å². The van der Waals surface area contributed by atoms with E-state index in [9.17, 15) is 10.2 Å². The third kappa shape index (κ3) is 5.98. The highest BCUT2D eigenvalue weighted by molar-refractivity contribution is 4.79. The summed E-state index contributed by atoms with van der Waals surface area (Å²) in [4.78, 5) is 4.91. The van der Waals surface area contributed by atoms with Crippen LogP contribution in [0.25, 0.3) is 0 Å². The molecule has 5 heteroatoms. The Morgan fingerprint density at radius 3 is 1.61 bits per heavy atom. The minimum atomic E-state index is 0.308. The molecule has 136 valence electrons. The van der Waals surface area contributed by atoms with Crippen LogP contribution >= 0.6 is 0 Å². The molecule has 2 heterocycles. The first kappa shape index (κ1) is 19.1. The van der Waals surface area contributed by atoms with E-state index in [1.807, 2.05) is 0 Å². The highest BCUT2D eigenvalue weighted by atomic mass is 16.5. The lowest BCUT2D eigenvalue weighted by atomic mass is 9.94. The number of aliphatic hydroxyl groups is 2. The first-order valence-electron chi connectivity index (χ1n) is 9.41. The van der Waals surface area contributed by atoms with Gasteiger partial charge in [0.1, 0.15) is 0 Å². The van der Waals surface area contributed by atoms with Gasteiger partial charge in [0.15, 0.2) is 0 Å². The largest absolute Gasteiger partial charge is 0.396 e. The van der Waals surface area contributed by atoms with E-state index in [4.69, 9.17) is 4.74 Å². The fourth-order valence-corrected chi connectivity index (χ4v) is 3.91. The maximum absolute atomic E-state index is 9.33. The number of hydrogen-bond donors (Lipinski definition) is 2. The van der Waals surface area contributed by atoms with Crippen LogP contribution in [-0.2, 0) is 4.74 Å². The minimum Gasteiger partial charge on any atom is -0.396 e. The molecule has 5 nitrogen and oxygen atoms in total. The zero-order valence-electron chi connectivity index (χ0n) is 15.0. The number of hydrogen-bond acceptors (Lipinski definition) is 5. The van der Waals surface area contributed by atoms with Crippen LogP contribution in [0, 0.1) is 11.8 Å². The third-order valence-electron chi connectivity index (χ3n) is 5.78. The Labute approximate surface area is 141 Å². The van der Waals surface area contributed by atoms with E-state index < -0.39 is 0 Å². The lowest BCUT2D eigenvalue weighted by Crippen LogP contribution is -2.45. The molecule has 0 saturated carbocycles. The van der Waals surface area contributed by atoms with Crippen molar-refractivity contribution in [2.75, 3.05) is 52.6 Å². The molecule has 0 radical (unpaired) electrons. The average molecular weight is 328 g/mol. The molecule has 2 N–H and O–H groups in total. The number of likely N-dealkylation sites (tertiary alicyclic amines) is 2. The molecule has 2 aliphatic heterocycles. The van der Waals surface area contributed by atoms with E-state index in [0.717, 1.165) is 52.2 Å². The van der Waals surface area contributed by atoms with Crippen LogP contribution in [0.15, 0.2) is 0 Å². The molecule has 2 saturated heterocycles. The standard InChI is InChI=1S/C18H36N2O3/c1-15-3-5-17(13-21)11-19(15)7-9-23-10-8-20-12-18(14-22)6-4-16(20)2/h15-18,21-22H,3-14H2,1-2H3. The van der Waals surface area contributed by atoms with E-state index in [0.29, 0.717) is 37.1 Å². The summed E-state index contributed by atoms with van der Waals surface area (Å²) in [6.45, 7) is 10.6. The molecule has 2 fully saturated rings. The molecule has 4 unspecified atom stereocenters. The summed E-state index contributed by atoms with van der Waals surface area (Å²) in [5.74, 6) is 0.881. The van der Waals surface area contributed by atoms with Gasteiger partial charge < -0.3 is 14.9 Å². The highest BCUT2D eigenvalue weighted by Gasteiger charge is 2.25. The van der Waals surface area contributed by atoms with Crippen molar-refractivity contribution in [3.63, 3.8) is 0 Å².